The third kappa shape index (κ3) is 2.04. The van der Waals surface area contributed by atoms with E-state index >= 15 is 0 Å². The van der Waals surface area contributed by atoms with Gasteiger partial charge in [0.25, 0.3) is 0 Å². The smallest absolute Gasteiger partial charge is 0.231 e. The van der Waals surface area contributed by atoms with E-state index in [0.29, 0.717) is 12.5 Å². The fourth-order valence-corrected chi connectivity index (χ4v) is 4.28. The molecule has 4 rings (SSSR count). The number of likely N-dealkylation sites (tertiary alicyclic amines) is 1. The number of amides is 2. The lowest BCUT2D eigenvalue weighted by molar-refractivity contribution is -0.132. The van der Waals surface area contributed by atoms with Gasteiger partial charge in [-0.25, -0.2) is 0 Å². The van der Waals surface area contributed by atoms with Crippen molar-refractivity contribution in [1.82, 2.24) is 4.90 Å². The van der Waals surface area contributed by atoms with Crippen molar-refractivity contribution in [2.75, 3.05) is 18.4 Å². The molecule has 1 aliphatic heterocycles. The van der Waals surface area contributed by atoms with Gasteiger partial charge in [-0.15, -0.1) is 0 Å². The van der Waals surface area contributed by atoms with Crippen molar-refractivity contribution in [2.24, 2.45) is 11.3 Å². The predicted octanol–water partition coefficient (Wildman–Crippen LogP) is 2.37. The summed E-state index contributed by atoms with van der Waals surface area (Å²) in [4.78, 5) is 26.2. The highest BCUT2D eigenvalue weighted by molar-refractivity contribution is 5.98. The molecule has 0 bridgehead atoms. The average Bonchev–Trinajstić information content (AvgIpc) is 3.06. The first-order valence-corrected chi connectivity index (χ1v) is 8.28. The monoisotopic (exact) mass is 298 g/mol. The SMILES string of the molecule is CC(=O)N1CC[C@@]2(C(=O)Nc3cccc4c3CCC4)C[C@H]2C1. The molecule has 1 saturated carbocycles. The Kier molecular flexibility index (Phi) is 3.03. The molecule has 1 aromatic carbocycles. The molecular formula is C18H22N2O2. The minimum absolute atomic E-state index is 0.127. The Bertz CT molecular complexity index is 654. The molecule has 0 unspecified atom stereocenters. The van der Waals surface area contributed by atoms with E-state index in [2.05, 4.69) is 11.4 Å². The first-order valence-electron chi connectivity index (χ1n) is 8.28. The molecular weight excluding hydrogens is 276 g/mol. The average molecular weight is 298 g/mol. The van der Waals surface area contributed by atoms with Crippen molar-refractivity contribution < 1.29 is 9.59 Å². The van der Waals surface area contributed by atoms with Crippen LogP contribution in [-0.2, 0) is 22.4 Å². The maximum atomic E-state index is 12.8. The number of anilines is 1. The summed E-state index contributed by atoms with van der Waals surface area (Å²) in [7, 11) is 0. The maximum Gasteiger partial charge on any atom is 0.231 e. The highest BCUT2D eigenvalue weighted by Crippen LogP contribution is 2.58. The van der Waals surface area contributed by atoms with Crippen LogP contribution in [0.2, 0.25) is 0 Å². The van der Waals surface area contributed by atoms with Gasteiger partial charge in [-0.05, 0) is 55.2 Å². The standard InChI is InChI=1S/C18H22N2O2/c1-12(21)20-9-8-18(10-14(18)11-20)17(22)19-16-7-3-5-13-4-2-6-15(13)16/h3,5,7,14H,2,4,6,8-11H2,1H3,(H,19,22)/t14-,18+/m0/s1. The Hall–Kier alpha value is -1.84. The number of carbonyl (C=O) groups is 2. The predicted molar refractivity (Wildman–Crippen MR) is 84.5 cm³/mol. The third-order valence-corrected chi connectivity index (χ3v) is 5.79. The first-order chi connectivity index (χ1) is 10.6. The summed E-state index contributed by atoms with van der Waals surface area (Å²) in [5.41, 5.74) is 3.50. The van der Waals surface area contributed by atoms with Crippen LogP contribution in [0.15, 0.2) is 18.2 Å². The van der Waals surface area contributed by atoms with Gasteiger partial charge in [0, 0.05) is 25.7 Å². The molecule has 2 aliphatic carbocycles. The van der Waals surface area contributed by atoms with Gasteiger partial charge in [0.1, 0.15) is 0 Å². The quantitative estimate of drug-likeness (QED) is 0.911. The van der Waals surface area contributed by atoms with Crippen LogP contribution in [0.1, 0.15) is 37.3 Å². The molecule has 2 fully saturated rings. The number of nitrogens with one attached hydrogen (secondary N) is 1. The molecule has 4 nitrogen and oxygen atoms in total. The van der Waals surface area contributed by atoms with E-state index < -0.39 is 0 Å². The Morgan fingerprint density at radius 1 is 1.32 bits per heavy atom. The zero-order valence-electron chi connectivity index (χ0n) is 13.0. The van der Waals surface area contributed by atoms with Gasteiger partial charge < -0.3 is 10.2 Å². The zero-order chi connectivity index (χ0) is 15.3. The Labute approximate surface area is 130 Å². The van der Waals surface area contributed by atoms with Crippen molar-refractivity contribution in [1.29, 1.82) is 0 Å². The molecule has 1 heterocycles. The number of carbonyl (C=O) groups excluding carboxylic acids is 2. The van der Waals surface area contributed by atoms with Gasteiger partial charge in [0.15, 0.2) is 0 Å². The van der Waals surface area contributed by atoms with Crippen LogP contribution in [0.3, 0.4) is 0 Å². The lowest BCUT2D eigenvalue weighted by atomic mass is 9.93. The molecule has 2 atom stereocenters. The minimum Gasteiger partial charge on any atom is -0.343 e. The van der Waals surface area contributed by atoms with Crippen molar-refractivity contribution in [2.45, 2.75) is 39.0 Å². The second-order valence-corrected chi connectivity index (χ2v) is 7.02. The lowest BCUT2D eigenvalue weighted by Crippen LogP contribution is -2.41. The highest BCUT2D eigenvalue weighted by Gasteiger charge is 2.62. The summed E-state index contributed by atoms with van der Waals surface area (Å²) < 4.78 is 0. The van der Waals surface area contributed by atoms with Gasteiger partial charge in [0.2, 0.25) is 11.8 Å². The van der Waals surface area contributed by atoms with Gasteiger partial charge in [-0.3, -0.25) is 9.59 Å². The molecule has 0 aromatic heterocycles. The summed E-state index contributed by atoms with van der Waals surface area (Å²) in [6.07, 6.45) is 5.11. The number of fused-ring (bicyclic) bond motifs is 2. The van der Waals surface area contributed by atoms with Crippen molar-refractivity contribution in [3.63, 3.8) is 0 Å². The summed E-state index contributed by atoms with van der Waals surface area (Å²) >= 11 is 0. The number of hydrogen-bond acceptors (Lipinski definition) is 2. The second kappa shape index (κ2) is 4.83. The van der Waals surface area contributed by atoms with Gasteiger partial charge in [-0.2, -0.15) is 0 Å². The molecule has 0 spiro atoms. The number of piperidine rings is 1. The van der Waals surface area contributed by atoms with Crippen LogP contribution in [0.5, 0.6) is 0 Å². The van der Waals surface area contributed by atoms with E-state index in [4.69, 9.17) is 0 Å². The Balaban J connectivity index is 1.49. The fourth-order valence-electron chi connectivity index (χ4n) is 4.28. The Morgan fingerprint density at radius 2 is 2.18 bits per heavy atom. The number of hydrogen-bond donors (Lipinski definition) is 1. The number of nitrogens with zero attached hydrogens (tertiary/aromatic N) is 1. The first kappa shape index (κ1) is 13.8. The topological polar surface area (TPSA) is 49.4 Å². The number of rotatable bonds is 2. The minimum atomic E-state index is -0.215. The molecule has 1 saturated heterocycles. The number of aryl methyl sites for hydroxylation is 1. The van der Waals surface area contributed by atoms with E-state index in [-0.39, 0.29) is 17.2 Å². The van der Waals surface area contributed by atoms with Crippen LogP contribution in [0, 0.1) is 11.3 Å². The van der Waals surface area contributed by atoms with E-state index in [1.54, 1.807) is 6.92 Å². The molecule has 4 heteroatoms. The van der Waals surface area contributed by atoms with Crippen LogP contribution < -0.4 is 5.32 Å². The lowest BCUT2D eigenvalue weighted by Gasteiger charge is -2.30. The number of benzene rings is 1. The van der Waals surface area contributed by atoms with E-state index in [0.717, 1.165) is 37.9 Å². The van der Waals surface area contributed by atoms with Gasteiger partial charge >= 0.3 is 0 Å². The summed E-state index contributed by atoms with van der Waals surface area (Å²) in [6.45, 7) is 3.07. The fraction of sp³-hybridized carbons (Fsp3) is 0.556. The largest absolute Gasteiger partial charge is 0.343 e. The van der Waals surface area contributed by atoms with Crippen LogP contribution in [-0.4, -0.2) is 29.8 Å². The van der Waals surface area contributed by atoms with E-state index in [1.807, 2.05) is 17.0 Å². The molecule has 2 amide bonds. The summed E-state index contributed by atoms with van der Waals surface area (Å²) in [6, 6.07) is 6.24. The summed E-state index contributed by atoms with van der Waals surface area (Å²) in [5.74, 6) is 0.643. The van der Waals surface area contributed by atoms with E-state index in [9.17, 15) is 9.59 Å². The van der Waals surface area contributed by atoms with Crippen molar-refractivity contribution in [3.8, 4) is 0 Å². The van der Waals surface area contributed by atoms with E-state index in [1.165, 1.54) is 17.5 Å². The molecule has 22 heavy (non-hydrogen) atoms. The molecule has 1 aromatic rings. The third-order valence-electron chi connectivity index (χ3n) is 5.79. The summed E-state index contributed by atoms with van der Waals surface area (Å²) in [5, 5.41) is 3.20. The highest BCUT2D eigenvalue weighted by atomic mass is 16.2. The maximum absolute atomic E-state index is 12.8. The molecule has 1 N–H and O–H groups in total. The van der Waals surface area contributed by atoms with Crippen molar-refractivity contribution >= 4 is 17.5 Å². The molecule has 116 valence electrons. The Morgan fingerprint density at radius 3 is 2.95 bits per heavy atom. The normalized spacial score (nSPS) is 28.8. The second-order valence-electron chi connectivity index (χ2n) is 7.02. The van der Waals surface area contributed by atoms with Crippen LogP contribution in [0.4, 0.5) is 5.69 Å². The van der Waals surface area contributed by atoms with Crippen LogP contribution >= 0.6 is 0 Å². The van der Waals surface area contributed by atoms with Crippen LogP contribution in [0.25, 0.3) is 0 Å². The molecule has 0 radical (unpaired) electrons. The zero-order valence-corrected chi connectivity index (χ0v) is 13.0. The van der Waals surface area contributed by atoms with Gasteiger partial charge in [-0.1, -0.05) is 12.1 Å². The van der Waals surface area contributed by atoms with Crippen molar-refractivity contribution in [3.05, 3.63) is 29.3 Å². The molecule has 3 aliphatic rings. The van der Waals surface area contributed by atoms with Gasteiger partial charge in [0.05, 0.1) is 5.41 Å².